The van der Waals surface area contributed by atoms with Crippen molar-refractivity contribution in [3.05, 3.63) is 224 Å². The van der Waals surface area contributed by atoms with Crippen LogP contribution in [0.25, 0.3) is 120 Å². The Morgan fingerprint density at radius 1 is 0.266 bits per heavy atom. The summed E-state index contributed by atoms with van der Waals surface area (Å²) >= 11 is 0. The first-order valence-electron chi connectivity index (χ1n) is 22.1. The van der Waals surface area contributed by atoms with Crippen LogP contribution in [-0.2, 0) is 0 Å². The Kier molecular flexibility index (Phi) is 7.43. The fourth-order valence-electron chi connectivity index (χ4n) is 10.8. The minimum absolute atomic E-state index is 0.923. The number of benzene rings is 13. The molecule has 0 N–H and O–H groups in total. The van der Waals surface area contributed by atoms with E-state index >= 15 is 0 Å². The van der Waals surface area contributed by atoms with E-state index in [0.29, 0.717) is 0 Å². The van der Waals surface area contributed by atoms with Crippen LogP contribution in [0.4, 0.5) is 17.1 Å². The van der Waals surface area contributed by atoms with Gasteiger partial charge in [0.25, 0.3) is 0 Å². The summed E-state index contributed by atoms with van der Waals surface area (Å²) in [6.07, 6.45) is 0. The van der Waals surface area contributed by atoms with E-state index in [1.54, 1.807) is 0 Å². The highest BCUT2D eigenvalue weighted by Crippen LogP contribution is 2.47. The van der Waals surface area contributed by atoms with Crippen LogP contribution in [0.2, 0.25) is 0 Å². The van der Waals surface area contributed by atoms with E-state index in [1.165, 1.54) is 103 Å². The fraction of sp³-hybridized carbons (Fsp3) is 0. The molecule has 296 valence electrons. The molecule has 14 rings (SSSR count). The lowest BCUT2D eigenvalue weighted by Crippen LogP contribution is -2.10. The lowest BCUT2D eigenvalue weighted by molar-refractivity contribution is 0.669. The molecule has 0 aliphatic carbocycles. The van der Waals surface area contributed by atoms with E-state index in [1.807, 2.05) is 6.07 Å². The maximum Gasteiger partial charge on any atom is 0.136 e. The molecular formula is C62H37NO. The average Bonchev–Trinajstić information content (AvgIpc) is 3.75. The van der Waals surface area contributed by atoms with Crippen LogP contribution in [-0.4, -0.2) is 0 Å². The zero-order valence-corrected chi connectivity index (χ0v) is 34.7. The van der Waals surface area contributed by atoms with Gasteiger partial charge in [-0.1, -0.05) is 170 Å². The third-order valence-corrected chi connectivity index (χ3v) is 13.8. The monoisotopic (exact) mass is 811 g/mol. The Balaban J connectivity index is 0.894. The SMILES string of the molecule is c1ccc(N(c2ccc3ccccc3c2)c2ccc3ccc4c(-c5ccc(-c6ccc7c(c6)c6ccccc6c6c7ccc7oc8ccccc8c76)cc5)ccc5ccc2c3c54)cc1. The topological polar surface area (TPSA) is 16.4 Å². The largest absolute Gasteiger partial charge is 0.456 e. The molecule has 0 fully saturated rings. The number of nitrogens with zero attached hydrogens (tertiary/aromatic N) is 1. The molecule has 0 saturated carbocycles. The third-order valence-electron chi connectivity index (χ3n) is 13.8. The Morgan fingerprint density at radius 3 is 1.72 bits per heavy atom. The van der Waals surface area contributed by atoms with Crippen LogP contribution >= 0.6 is 0 Å². The minimum Gasteiger partial charge on any atom is -0.456 e. The zero-order valence-electron chi connectivity index (χ0n) is 34.7. The summed E-state index contributed by atoms with van der Waals surface area (Å²) in [5.41, 5.74) is 10.1. The van der Waals surface area contributed by atoms with E-state index in [9.17, 15) is 0 Å². The molecule has 1 heterocycles. The highest BCUT2D eigenvalue weighted by atomic mass is 16.3. The summed E-state index contributed by atoms with van der Waals surface area (Å²) in [5.74, 6) is 0. The molecular weight excluding hydrogens is 775 g/mol. The lowest BCUT2D eigenvalue weighted by Gasteiger charge is -2.28. The predicted octanol–water partition coefficient (Wildman–Crippen LogP) is 17.9. The quantitative estimate of drug-likeness (QED) is 0.161. The van der Waals surface area contributed by atoms with Crippen molar-refractivity contribution < 1.29 is 4.42 Å². The Hall–Kier alpha value is -8.46. The average molecular weight is 812 g/mol. The maximum atomic E-state index is 6.35. The van der Waals surface area contributed by atoms with Gasteiger partial charge < -0.3 is 9.32 Å². The summed E-state index contributed by atoms with van der Waals surface area (Å²) in [4.78, 5) is 2.41. The fourth-order valence-corrected chi connectivity index (χ4v) is 10.8. The number of rotatable bonds is 5. The first kappa shape index (κ1) is 35.2. The van der Waals surface area contributed by atoms with Crippen molar-refractivity contribution in [2.75, 3.05) is 4.90 Å². The summed E-state index contributed by atoms with van der Waals surface area (Å²) in [7, 11) is 0. The molecule has 1 aromatic heterocycles. The summed E-state index contributed by atoms with van der Waals surface area (Å²) in [6, 6.07) is 82.4. The molecule has 0 amide bonds. The van der Waals surface area contributed by atoms with Crippen molar-refractivity contribution in [3.8, 4) is 22.3 Å². The van der Waals surface area contributed by atoms with Gasteiger partial charge >= 0.3 is 0 Å². The molecule has 0 unspecified atom stereocenters. The van der Waals surface area contributed by atoms with Gasteiger partial charge in [-0.25, -0.2) is 0 Å². The second-order valence-corrected chi connectivity index (χ2v) is 17.2. The van der Waals surface area contributed by atoms with E-state index in [2.05, 4.69) is 223 Å². The highest BCUT2D eigenvalue weighted by molar-refractivity contribution is 6.35. The van der Waals surface area contributed by atoms with Gasteiger partial charge in [-0.3, -0.25) is 0 Å². The molecule has 2 nitrogen and oxygen atoms in total. The Bertz CT molecular complexity index is 4160. The van der Waals surface area contributed by atoms with Gasteiger partial charge in [0.1, 0.15) is 11.2 Å². The van der Waals surface area contributed by atoms with Crippen molar-refractivity contribution in [2.24, 2.45) is 0 Å². The van der Waals surface area contributed by atoms with E-state index in [4.69, 9.17) is 4.42 Å². The van der Waals surface area contributed by atoms with Crippen LogP contribution in [0.1, 0.15) is 0 Å². The molecule has 0 radical (unpaired) electrons. The summed E-state index contributed by atoms with van der Waals surface area (Å²) in [6.45, 7) is 0. The van der Waals surface area contributed by atoms with E-state index in [-0.39, 0.29) is 0 Å². The van der Waals surface area contributed by atoms with Crippen molar-refractivity contribution in [1.29, 1.82) is 0 Å². The van der Waals surface area contributed by atoms with Crippen LogP contribution < -0.4 is 4.90 Å². The molecule has 2 heteroatoms. The number of anilines is 3. The molecule has 0 spiro atoms. The number of fused-ring (bicyclic) bond motifs is 11. The summed E-state index contributed by atoms with van der Waals surface area (Å²) in [5, 5.41) is 19.9. The van der Waals surface area contributed by atoms with Crippen LogP contribution in [0.3, 0.4) is 0 Å². The van der Waals surface area contributed by atoms with Gasteiger partial charge in [0.15, 0.2) is 0 Å². The lowest BCUT2D eigenvalue weighted by atomic mass is 9.88. The van der Waals surface area contributed by atoms with Gasteiger partial charge in [-0.05, 0) is 141 Å². The summed E-state index contributed by atoms with van der Waals surface area (Å²) < 4.78 is 6.35. The minimum atomic E-state index is 0.923. The van der Waals surface area contributed by atoms with Gasteiger partial charge in [0, 0.05) is 32.9 Å². The van der Waals surface area contributed by atoms with Crippen molar-refractivity contribution in [3.63, 3.8) is 0 Å². The van der Waals surface area contributed by atoms with Crippen LogP contribution in [0, 0.1) is 0 Å². The number of hydrogen-bond acceptors (Lipinski definition) is 2. The Morgan fingerprint density at radius 2 is 0.859 bits per heavy atom. The molecule has 0 bridgehead atoms. The van der Waals surface area contributed by atoms with Gasteiger partial charge in [-0.15, -0.1) is 0 Å². The smallest absolute Gasteiger partial charge is 0.136 e. The molecule has 0 aliphatic heterocycles. The normalized spacial score (nSPS) is 12.1. The second-order valence-electron chi connectivity index (χ2n) is 17.2. The number of hydrogen-bond donors (Lipinski definition) is 0. The van der Waals surface area contributed by atoms with Gasteiger partial charge in [-0.2, -0.15) is 0 Å². The first-order valence-corrected chi connectivity index (χ1v) is 22.1. The molecule has 13 aromatic carbocycles. The van der Waals surface area contributed by atoms with Crippen molar-refractivity contribution in [2.45, 2.75) is 0 Å². The maximum absolute atomic E-state index is 6.35. The Labute approximate surface area is 368 Å². The van der Waals surface area contributed by atoms with E-state index in [0.717, 1.165) is 33.6 Å². The van der Waals surface area contributed by atoms with Crippen LogP contribution in [0.5, 0.6) is 0 Å². The standard InChI is InChI=1S/C62H37NO/c1-2-12-45(13-3-1)63(46-28-22-38-10-4-5-11-43(38)36-46)56-34-27-42-24-31-51-47(29-23-41-25-32-53(56)60(42)59(41)51)40-20-18-39(19-21-40)44-26-30-49-52-33-35-58-62(54-16-8-9-17-57(54)64-58)61(52)50-15-7-6-14-48(50)55(49)37-44/h1-37H. The molecule has 0 aliphatic rings. The highest BCUT2D eigenvalue weighted by Gasteiger charge is 2.21. The predicted molar refractivity (Wildman–Crippen MR) is 273 cm³/mol. The van der Waals surface area contributed by atoms with Crippen molar-refractivity contribution >= 4 is 114 Å². The molecule has 64 heavy (non-hydrogen) atoms. The zero-order chi connectivity index (χ0) is 41.9. The van der Waals surface area contributed by atoms with Crippen LogP contribution in [0.15, 0.2) is 229 Å². The molecule has 0 saturated heterocycles. The second kappa shape index (κ2) is 13.5. The van der Waals surface area contributed by atoms with Gasteiger partial charge in [0.2, 0.25) is 0 Å². The third kappa shape index (κ3) is 5.14. The number of para-hydroxylation sites is 2. The van der Waals surface area contributed by atoms with E-state index < -0.39 is 0 Å². The van der Waals surface area contributed by atoms with Crippen molar-refractivity contribution in [1.82, 2.24) is 0 Å². The van der Waals surface area contributed by atoms with Gasteiger partial charge in [0.05, 0.1) is 5.69 Å². The molecule has 0 atom stereocenters. The first-order chi connectivity index (χ1) is 31.7. The number of furan rings is 1. The molecule has 14 aromatic rings.